The highest BCUT2D eigenvalue weighted by Gasteiger charge is 2.12. The topological polar surface area (TPSA) is 37.0 Å². The molecule has 0 spiro atoms. The Balaban J connectivity index is 1.39. The lowest BCUT2D eigenvalue weighted by Crippen LogP contribution is -2.01. The molecule has 0 aliphatic heterocycles. The molecule has 0 saturated carbocycles. The number of hydrogen-bond donors (Lipinski definition) is 1. The molecular formula is C29H19NO. The van der Waals surface area contributed by atoms with Crippen LogP contribution in [0.5, 0.6) is 0 Å². The lowest BCUT2D eigenvalue weighted by Gasteiger charge is -2.08. The molecule has 2 nitrogen and oxygen atoms in total. The van der Waals surface area contributed by atoms with Crippen LogP contribution in [0.15, 0.2) is 114 Å². The predicted octanol–water partition coefficient (Wildman–Crippen LogP) is 7.82. The maximum Gasteiger partial charge on any atom is 0.143 e. The van der Waals surface area contributed by atoms with Gasteiger partial charge in [-0.25, -0.2) is 0 Å². The number of furan rings is 1. The summed E-state index contributed by atoms with van der Waals surface area (Å²) in [6.07, 6.45) is 0. The molecule has 146 valence electrons. The predicted molar refractivity (Wildman–Crippen MR) is 129 cm³/mol. The monoisotopic (exact) mass is 397 g/mol. The van der Waals surface area contributed by atoms with Gasteiger partial charge in [0, 0.05) is 27.5 Å². The van der Waals surface area contributed by atoms with Crippen LogP contribution in [0.1, 0.15) is 11.1 Å². The van der Waals surface area contributed by atoms with Crippen molar-refractivity contribution in [2.75, 3.05) is 0 Å². The summed E-state index contributed by atoms with van der Waals surface area (Å²) in [5.41, 5.74) is 6.30. The van der Waals surface area contributed by atoms with Crippen molar-refractivity contribution in [1.29, 1.82) is 5.41 Å². The quantitative estimate of drug-likeness (QED) is 0.304. The Bertz CT molecular complexity index is 1590. The third-order valence-electron chi connectivity index (χ3n) is 5.93. The molecule has 6 aromatic rings. The minimum absolute atomic E-state index is 0.527. The fraction of sp³-hybridized carbons (Fsp3) is 0. The Kier molecular flexibility index (Phi) is 3.97. The van der Waals surface area contributed by atoms with Crippen molar-refractivity contribution in [2.24, 2.45) is 0 Å². The van der Waals surface area contributed by atoms with E-state index in [0.717, 1.165) is 49.6 Å². The summed E-state index contributed by atoms with van der Waals surface area (Å²) < 4.78 is 6.18. The molecule has 0 saturated heterocycles. The molecule has 0 fully saturated rings. The van der Waals surface area contributed by atoms with Crippen LogP contribution in [-0.4, -0.2) is 5.71 Å². The maximum atomic E-state index is 8.71. The van der Waals surface area contributed by atoms with E-state index < -0.39 is 0 Å². The zero-order valence-corrected chi connectivity index (χ0v) is 16.8. The lowest BCUT2D eigenvalue weighted by atomic mass is 9.96. The van der Waals surface area contributed by atoms with Gasteiger partial charge >= 0.3 is 0 Å². The molecule has 31 heavy (non-hydrogen) atoms. The van der Waals surface area contributed by atoms with E-state index in [4.69, 9.17) is 9.83 Å². The van der Waals surface area contributed by atoms with E-state index in [0.29, 0.717) is 5.71 Å². The summed E-state index contributed by atoms with van der Waals surface area (Å²) in [6.45, 7) is 0. The fourth-order valence-electron chi connectivity index (χ4n) is 4.30. The molecule has 1 aromatic heterocycles. The highest BCUT2D eigenvalue weighted by atomic mass is 16.3. The molecule has 0 amide bonds. The van der Waals surface area contributed by atoms with Gasteiger partial charge in [0.1, 0.15) is 11.2 Å². The van der Waals surface area contributed by atoms with Crippen LogP contribution in [0.3, 0.4) is 0 Å². The summed E-state index contributed by atoms with van der Waals surface area (Å²) in [6, 6.07) is 37.0. The number of rotatable bonds is 3. The third-order valence-corrected chi connectivity index (χ3v) is 5.93. The Labute approximate surface area is 179 Å². The van der Waals surface area contributed by atoms with Crippen LogP contribution < -0.4 is 0 Å². The number of nitrogens with one attached hydrogen (secondary N) is 1. The van der Waals surface area contributed by atoms with E-state index in [1.54, 1.807) is 0 Å². The summed E-state index contributed by atoms with van der Waals surface area (Å²) in [4.78, 5) is 0. The van der Waals surface area contributed by atoms with Crippen LogP contribution in [0.25, 0.3) is 43.8 Å². The normalized spacial score (nSPS) is 11.4. The molecule has 0 aliphatic rings. The summed E-state index contributed by atoms with van der Waals surface area (Å²) in [5, 5.41) is 13.3. The van der Waals surface area contributed by atoms with E-state index in [1.807, 2.05) is 48.5 Å². The molecule has 5 aromatic carbocycles. The van der Waals surface area contributed by atoms with Gasteiger partial charge < -0.3 is 4.42 Å². The Morgan fingerprint density at radius 3 is 2.16 bits per heavy atom. The van der Waals surface area contributed by atoms with Gasteiger partial charge in [-0.1, -0.05) is 97.1 Å². The standard InChI is InChI=1S/C29H19NO/c30-28(23-17-12-19-6-1-2-7-22(19)18-23)21-15-13-20(14-16-21)24-9-5-10-26-25-8-3-4-11-27(25)31-29(24)26/h1-18,30H. The Morgan fingerprint density at radius 2 is 1.29 bits per heavy atom. The second kappa shape index (κ2) is 6.96. The molecule has 0 aliphatic carbocycles. The molecule has 6 rings (SSSR count). The van der Waals surface area contributed by atoms with Gasteiger partial charge in [-0.3, -0.25) is 5.41 Å². The first kappa shape index (κ1) is 17.7. The minimum atomic E-state index is 0.527. The van der Waals surface area contributed by atoms with E-state index in [-0.39, 0.29) is 0 Å². The second-order valence-electron chi connectivity index (χ2n) is 7.79. The first-order valence-corrected chi connectivity index (χ1v) is 10.4. The van der Waals surface area contributed by atoms with Crippen LogP contribution >= 0.6 is 0 Å². The van der Waals surface area contributed by atoms with Crippen molar-refractivity contribution in [3.63, 3.8) is 0 Å². The van der Waals surface area contributed by atoms with Crippen LogP contribution in [0.4, 0.5) is 0 Å². The van der Waals surface area contributed by atoms with Crippen LogP contribution in [0.2, 0.25) is 0 Å². The third kappa shape index (κ3) is 2.92. The SMILES string of the molecule is N=C(c1ccc(-c2cccc3c2oc2ccccc23)cc1)c1ccc2ccccc2c1. The highest BCUT2D eigenvalue weighted by molar-refractivity contribution is 6.13. The summed E-state index contributed by atoms with van der Waals surface area (Å²) >= 11 is 0. The van der Waals surface area contributed by atoms with Gasteiger partial charge in [0.15, 0.2) is 0 Å². The molecule has 2 heteroatoms. The maximum absolute atomic E-state index is 8.71. The Hall–Kier alpha value is -4.17. The van der Waals surface area contributed by atoms with Crippen molar-refractivity contribution in [3.05, 3.63) is 120 Å². The number of benzene rings is 5. The van der Waals surface area contributed by atoms with Crippen molar-refractivity contribution in [1.82, 2.24) is 0 Å². The summed E-state index contributed by atoms with van der Waals surface area (Å²) in [7, 11) is 0. The summed E-state index contributed by atoms with van der Waals surface area (Å²) in [5.74, 6) is 0. The van der Waals surface area contributed by atoms with Crippen molar-refractivity contribution < 1.29 is 4.42 Å². The molecule has 0 unspecified atom stereocenters. The average Bonchev–Trinajstić information content (AvgIpc) is 3.22. The average molecular weight is 397 g/mol. The molecule has 1 N–H and O–H groups in total. The molecule has 0 atom stereocenters. The number of para-hydroxylation sites is 2. The van der Waals surface area contributed by atoms with Crippen molar-refractivity contribution in [2.45, 2.75) is 0 Å². The zero-order chi connectivity index (χ0) is 20.8. The van der Waals surface area contributed by atoms with Crippen molar-refractivity contribution >= 4 is 38.4 Å². The Morgan fingerprint density at radius 1 is 0.581 bits per heavy atom. The molecule has 1 heterocycles. The number of fused-ring (bicyclic) bond motifs is 4. The van der Waals surface area contributed by atoms with E-state index in [1.165, 1.54) is 5.39 Å². The van der Waals surface area contributed by atoms with E-state index >= 15 is 0 Å². The second-order valence-corrected chi connectivity index (χ2v) is 7.79. The van der Waals surface area contributed by atoms with Gasteiger partial charge in [-0.05, 0) is 28.5 Å². The molecule has 0 radical (unpaired) electrons. The molecular weight excluding hydrogens is 378 g/mol. The lowest BCUT2D eigenvalue weighted by molar-refractivity contribution is 0.670. The van der Waals surface area contributed by atoms with Crippen molar-refractivity contribution in [3.8, 4) is 11.1 Å². The first-order chi connectivity index (χ1) is 15.3. The first-order valence-electron chi connectivity index (χ1n) is 10.4. The van der Waals surface area contributed by atoms with E-state index in [2.05, 4.69) is 60.7 Å². The largest absolute Gasteiger partial charge is 0.455 e. The molecule has 0 bridgehead atoms. The zero-order valence-electron chi connectivity index (χ0n) is 16.8. The van der Waals surface area contributed by atoms with Gasteiger partial charge in [0.2, 0.25) is 0 Å². The van der Waals surface area contributed by atoms with E-state index in [9.17, 15) is 0 Å². The number of hydrogen-bond acceptors (Lipinski definition) is 2. The minimum Gasteiger partial charge on any atom is -0.455 e. The fourth-order valence-corrected chi connectivity index (χ4v) is 4.30. The van der Waals surface area contributed by atoms with Gasteiger partial charge in [-0.2, -0.15) is 0 Å². The van der Waals surface area contributed by atoms with Gasteiger partial charge in [-0.15, -0.1) is 0 Å². The van der Waals surface area contributed by atoms with Crippen LogP contribution in [0, 0.1) is 5.41 Å². The van der Waals surface area contributed by atoms with Gasteiger partial charge in [0.25, 0.3) is 0 Å². The van der Waals surface area contributed by atoms with Gasteiger partial charge in [0.05, 0.1) is 5.71 Å². The van der Waals surface area contributed by atoms with Crippen LogP contribution in [-0.2, 0) is 0 Å². The highest BCUT2D eigenvalue weighted by Crippen LogP contribution is 2.35. The smallest absolute Gasteiger partial charge is 0.143 e.